The van der Waals surface area contributed by atoms with Crippen molar-refractivity contribution in [2.24, 2.45) is 0 Å². The number of methoxy groups -OCH3 is 1. The van der Waals surface area contributed by atoms with Crippen LogP contribution in [-0.4, -0.2) is 79.4 Å². The Labute approximate surface area is 140 Å². The summed E-state index contributed by atoms with van der Waals surface area (Å²) in [4.78, 5) is 11.1. The lowest BCUT2D eigenvalue weighted by atomic mass is 9.86. The Morgan fingerprint density at radius 1 is 1.25 bits per heavy atom. The van der Waals surface area contributed by atoms with Crippen molar-refractivity contribution in [2.75, 3.05) is 20.5 Å². The molecule has 3 unspecified atom stereocenters. The summed E-state index contributed by atoms with van der Waals surface area (Å²) in [5, 5.41) is 19.8. The number of aliphatic carboxylic acids is 1. The van der Waals surface area contributed by atoms with Crippen LogP contribution < -0.4 is 0 Å². The number of rotatable bonds is 5. The number of aliphatic hydroxyl groups is 1. The van der Waals surface area contributed by atoms with Gasteiger partial charge in [-0.1, -0.05) is 12.2 Å². The average molecular weight is 344 g/mol. The van der Waals surface area contributed by atoms with Crippen molar-refractivity contribution in [1.82, 2.24) is 0 Å². The molecule has 7 atom stereocenters. The second-order valence-corrected chi connectivity index (χ2v) is 6.29. The van der Waals surface area contributed by atoms with E-state index < -0.39 is 36.5 Å². The summed E-state index contributed by atoms with van der Waals surface area (Å²) < 4.78 is 28.1. The van der Waals surface area contributed by atoms with Crippen LogP contribution in [0, 0.1) is 0 Å². The van der Waals surface area contributed by atoms with Gasteiger partial charge in [0, 0.05) is 13.5 Å². The predicted octanol–water partition coefficient (Wildman–Crippen LogP) is 0.0811. The van der Waals surface area contributed by atoms with Gasteiger partial charge in [-0.3, -0.25) is 4.79 Å². The average Bonchev–Trinajstić information content (AvgIpc) is 2.79. The maximum Gasteiger partial charge on any atom is 0.306 e. The number of carboxylic acids is 1. The number of ether oxygens (including phenoxy) is 5. The minimum absolute atomic E-state index is 0.0436. The van der Waals surface area contributed by atoms with E-state index in [1.807, 2.05) is 12.2 Å². The molecular formula is C16H24O8. The summed E-state index contributed by atoms with van der Waals surface area (Å²) in [5.74, 6) is -0.983. The minimum atomic E-state index is -0.983. The maximum absolute atomic E-state index is 11.1. The third kappa shape index (κ3) is 3.79. The molecule has 0 aromatic rings. The Morgan fingerprint density at radius 3 is 2.83 bits per heavy atom. The lowest BCUT2D eigenvalue weighted by Crippen LogP contribution is -2.64. The first kappa shape index (κ1) is 17.8. The zero-order chi connectivity index (χ0) is 17.1. The van der Waals surface area contributed by atoms with Gasteiger partial charge in [-0.2, -0.15) is 0 Å². The van der Waals surface area contributed by atoms with E-state index in [0.29, 0.717) is 19.4 Å². The second kappa shape index (κ2) is 7.90. The normalized spacial score (nSPS) is 42.0. The van der Waals surface area contributed by atoms with Crippen molar-refractivity contribution >= 4 is 5.97 Å². The second-order valence-electron chi connectivity index (χ2n) is 6.29. The van der Waals surface area contributed by atoms with E-state index in [9.17, 15) is 9.90 Å². The number of hydrogen-bond donors (Lipinski definition) is 2. The van der Waals surface area contributed by atoms with Gasteiger partial charge in [0.2, 0.25) is 0 Å². The number of fused-ring (bicyclic) bond motifs is 2. The Bertz CT molecular complexity index is 467. The molecule has 0 aromatic carbocycles. The van der Waals surface area contributed by atoms with E-state index in [4.69, 9.17) is 28.8 Å². The molecule has 2 saturated heterocycles. The zero-order valence-electron chi connectivity index (χ0n) is 13.6. The van der Waals surface area contributed by atoms with Crippen molar-refractivity contribution in [3.63, 3.8) is 0 Å². The molecule has 3 rings (SSSR count). The Balaban J connectivity index is 1.73. The quantitative estimate of drug-likeness (QED) is 0.534. The van der Waals surface area contributed by atoms with Gasteiger partial charge >= 0.3 is 5.97 Å². The smallest absolute Gasteiger partial charge is 0.306 e. The van der Waals surface area contributed by atoms with Crippen LogP contribution in [0.4, 0.5) is 0 Å². The highest BCUT2D eigenvalue weighted by Crippen LogP contribution is 2.36. The molecule has 3 heterocycles. The highest BCUT2D eigenvalue weighted by molar-refractivity contribution is 5.67. The molecular weight excluding hydrogens is 320 g/mol. The van der Waals surface area contributed by atoms with Crippen LogP contribution in [0.5, 0.6) is 0 Å². The van der Waals surface area contributed by atoms with E-state index in [0.717, 1.165) is 0 Å². The van der Waals surface area contributed by atoms with Crippen LogP contribution in [-0.2, 0) is 28.5 Å². The molecule has 0 saturated carbocycles. The summed E-state index contributed by atoms with van der Waals surface area (Å²) in [7, 11) is 1.50. The third-order valence-electron chi connectivity index (χ3n) is 4.66. The number of aliphatic hydroxyl groups excluding tert-OH is 1. The molecule has 2 fully saturated rings. The van der Waals surface area contributed by atoms with Gasteiger partial charge in [0.15, 0.2) is 0 Å². The first-order chi connectivity index (χ1) is 11.6. The van der Waals surface area contributed by atoms with Crippen LogP contribution in [0.25, 0.3) is 0 Å². The molecule has 136 valence electrons. The molecule has 0 bridgehead atoms. The van der Waals surface area contributed by atoms with E-state index in [1.54, 1.807) is 0 Å². The van der Waals surface area contributed by atoms with Crippen LogP contribution in [0.1, 0.15) is 19.3 Å². The molecule has 0 amide bonds. The van der Waals surface area contributed by atoms with Gasteiger partial charge in [0.1, 0.15) is 25.1 Å². The van der Waals surface area contributed by atoms with E-state index in [-0.39, 0.29) is 25.4 Å². The Hall–Kier alpha value is -1.03. The van der Waals surface area contributed by atoms with Crippen LogP contribution in [0.2, 0.25) is 0 Å². The molecule has 0 radical (unpaired) electrons. The van der Waals surface area contributed by atoms with E-state index in [1.165, 1.54) is 7.11 Å². The summed E-state index contributed by atoms with van der Waals surface area (Å²) in [6.45, 7) is 0.457. The summed E-state index contributed by atoms with van der Waals surface area (Å²) in [5.41, 5.74) is 0. The zero-order valence-corrected chi connectivity index (χ0v) is 13.6. The Morgan fingerprint density at radius 2 is 2.08 bits per heavy atom. The molecule has 8 nitrogen and oxygen atoms in total. The monoisotopic (exact) mass is 344 g/mol. The van der Waals surface area contributed by atoms with Gasteiger partial charge < -0.3 is 33.9 Å². The molecule has 3 aliphatic rings. The third-order valence-corrected chi connectivity index (χ3v) is 4.66. The first-order valence-corrected chi connectivity index (χ1v) is 8.18. The molecule has 0 spiro atoms. The van der Waals surface area contributed by atoms with Gasteiger partial charge in [-0.15, -0.1) is 0 Å². The fourth-order valence-corrected chi connectivity index (χ4v) is 3.58. The van der Waals surface area contributed by atoms with Crippen molar-refractivity contribution in [1.29, 1.82) is 0 Å². The van der Waals surface area contributed by atoms with Gasteiger partial charge in [-0.25, -0.2) is 0 Å². The fraction of sp³-hybridized carbons (Fsp3) is 0.812. The molecule has 8 heteroatoms. The fourth-order valence-electron chi connectivity index (χ4n) is 3.58. The molecule has 3 aliphatic heterocycles. The Kier molecular flexibility index (Phi) is 5.85. The summed E-state index contributed by atoms with van der Waals surface area (Å²) in [6.07, 6.45) is 1.04. The number of hydrogen-bond acceptors (Lipinski definition) is 7. The number of carboxylic acid groups (broad SMARTS) is 1. The van der Waals surface area contributed by atoms with Crippen molar-refractivity contribution < 1.29 is 38.7 Å². The minimum Gasteiger partial charge on any atom is -0.481 e. The largest absolute Gasteiger partial charge is 0.481 e. The predicted molar refractivity (Wildman–Crippen MR) is 80.4 cm³/mol. The molecule has 24 heavy (non-hydrogen) atoms. The molecule has 0 aliphatic carbocycles. The topological polar surface area (TPSA) is 104 Å². The first-order valence-electron chi connectivity index (χ1n) is 8.18. The standard InChI is InChI=1S/C16H24O8/c1-20-8-22-10-6-12-16(24-11(10)7-13(17)18)14(19)15-9(23-12)4-2-3-5-21-15/h2-3,9-12,14-16,19H,4-8H2,1H3,(H,17,18)/t9?,10?,11-,12?,14-,15+,16-/m1/s1. The lowest BCUT2D eigenvalue weighted by Gasteiger charge is -2.49. The highest BCUT2D eigenvalue weighted by atomic mass is 16.7. The van der Waals surface area contributed by atoms with Gasteiger partial charge in [-0.05, 0) is 6.42 Å². The van der Waals surface area contributed by atoms with Crippen molar-refractivity contribution in [3.8, 4) is 0 Å². The van der Waals surface area contributed by atoms with Gasteiger partial charge in [0.25, 0.3) is 0 Å². The molecule has 0 aromatic heterocycles. The van der Waals surface area contributed by atoms with Crippen LogP contribution >= 0.6 is 0 Å². The summed E-state index contributed by atoms with van der Waals surface area (Å²) in [6, 6.07) is 0. The summed E-state index contributed by atoms with van der Waals surface area (Å²) >= 11 is 0. The van der Waals surface area contributed by atoms with Crippen LogP contribution in [0.15, 0.2) is 12.2 Å². The number of carbonyl (C=O) groups is 1. The van der Waals surface area contributed by atoms with Crippen molar-refractivity contribution in [3.05, 3.63) is 12.2 Å². The highest BCUT2D eigenvalue weighted by Gasteiger charge is 2.51. The van der Waals surface area contributed by atoms with Crippen LogP contribution in [0.3, 0.4) is 0 Å². The van der Waals surface area contributed by atoms with E-state index >= 15 is 0 Å². The van der Waals surface area contributed by atoms with E-state index in [2.05, 4.69) is 0 Å². The SMILES string of the molecule is COCOC1CC2OC3CC=CCO[C@@H]3[C@@H](O)[C@@H]2O[C@@H]1CC(=O)O. The van der Waals surface area contributed by atoms with Gasteiger partial charge in [0.05, 0.1) is 37.4 Å². The maximum atomic E-state index is 11.1. The molecule has 2 N–H and O–H groups in total. The lowest BCUT2D eigenvalue weighted by molar-refractivity contribution is -0.293. The van der Waals surface area contributed by atoms with Crippen molar-refractivity contribution in [2.45, 2.75) is 62.0 Å².